The molecule has 1 atom stereocenters. The third-order valence-electron chi connectivity index (χ3n) is 3.52. The predicted molar refractivity (Wildman–Crippen MR) is 81.9 cm³/mol. The molecule has 0 heterocycles. The first-order valence-electron chi connectivity index (χ1n) is 7.06. The van der Waals surface area contributed by atoms with E-state index in [1.165, 1.54) is 0 Å². The molecule has 4 nitrogen and oxygen atoms in total. The van der Waals surface area contributed by atoms with Gasteiger partial charge in [-0.3, -0.25) is 4.79 Å². The van der Waals surface area contributed by atoms with Gasteiger partial charge in [0.25, 0.3) is 0 Å². The number of methoxy groups -OCH3 is 1. The van der Waals surface area contributed by atoms with Crippen molar-refractivity contribution in [1.29, 1.82) is 0 Å². The van der Waals surface area contributed by atoms with Crippen molar-refractivity contribution >= 4 is 5.91 Å². The highest BCUT2D eigenvalue weighted by Gasteiger charge is 2.18. The highest BCUT2D eigenvalue weighted by molar-refractivity contribution is 5.78. The highest BCUT2D eigenvalue weighted by atomic mass is 16.5. The fourth-order valence-electron chi connectivity index (χ4n) is 1.78. The lowest BCUT2D eigenvalue weighted by atomic mass is 10.0. The van der Waals surface area contributed by atoms with E-state index >= 15 is 0 Å². The second kappa shape index (κ2) is 7.29. The van der Waals surface area contributed by atoms with Crippen molar-refractivity contribution in [3.63, 3.8) is 0 Å². The maximum Gasteiger partial charge on any atom is 0.234 e. The van der Waals surface area contributed by atoms with Crippen LogP contribution >= 0.6 is 0 Å². The minimum absolute atomic E-state index is 0.0200. The number of nitrogens with one attached hydrogen (secondary N) is 2. The van der Waals surface area contributed by atoms with Crippen LogP contribution in [-0.4, -0.2) is 25.1 Å². The zero-order valence-electron chi connectivity index (χ0n) is 13.1. The summed E-state index contributed by atoms with van der Waals surface area (Å²) in [6, 6.07) is 7.96. The van der Waals surface area contributed by atoms with E-state index in [9.17, 15) is 4.79 Å². The Labute approximate surface area is 121 Å². The van der Waals surface area contributed by atoms with Gasteiger partial charge < -0.3 is 15.4 Å². The molecule has 0 aliphatic carbocycles. The number of carbonyl (C=O) groups is 1. The van der Waals surface area contributed by atoms with E-state index in [-0.39, 0.29) is 17.5 Å². The van der Waals surface area contributed by atoms with Crippen molar-refractivity contribution in [1.82, 2.24) is 10.6 Å². The summed E-state index contributed by atoms with van der Waals surface area (Å²) in [5, 5.41) is 6.24. The quantitative estimate of drug-likeness (QED) is 0.806. The molecule has 1 aromatic carbocycles. The SMILES string of the molecule is CCC(C)(C)NC(=O)CN[C@@H](C)c1cccc(OC)c1. The molecule has 1 rings (SSSR count). The summed E-state index contributed by atoms with van der Waals surface area (Å²) in [7, 11) is 1.65. The maximum absolute atomic E-state index is 11.9. The van der Waals surface area contributed by atoms with Crippen LogP contribution in [0.4, 0.5) is 0 Å². The lowest BCUT2D eigenvalue weighted by Crippen LogP contribution is -2.46. The minimum Gasteiger partial charge on any atom is -0.497 e. The van der Waals surface area contributed by atoms with Crippen molar-refractivity contribution in [2.45, 2.75) is 45.7 Å². The van der Waals surface area contributed by atoms with Crippen LogP contribution in [-0.2, 0) is 4.79 Å². The third-order valence-corrected chi connectivity index (χ3v) is 3.52. The van der Waals surface area contributed by atoms with E-state index in [4.69, 9.17) is 4.74 Å². The van der Waals surface area contributed by atoms with Gasteiger partial charge in [-0.25, -0.2) is 0 Å². The number of amides is 1. The molecule has 0 saturated carbocycles. The number of hydrogen-bond donors (Lipinski definition) is 2. The van der Waals surface area contributed by atoms with Crippen LogP contribution in [0.25, 0.3) is 0 Å². The van der Waals surface area contributed by atoms with Crippen molar-refractivity contribution in [3.8, 4) is 5.75 Å². The predicted octanol–water partition coefficient (Wildman–Crippen LogP) is 2.65. The molecule has 0 bridgehead atoms. The number of ether oxygens (including phenoxy) is 1. The zero-order chi connectivity index (χ0) is 15.2. The molecule has 0 radical (unpaired) electrons. The molecule has 4 heteroatoms. The lowest BCUT2D eigenvalue weighted by molar-refractivity contribution is -0.122. The van der Waals surface area contributed by atoms with Crippen LogP contribution in [0.2, 0.25) is 0 Å². The van der Waals surface area contributed by atoms with Crippen LogP contribution in [0.15, 0.2) is 24.3 Å². The molecule has 2 N–H and O–H groups in total. The molecule has 0 aliphatic rings. The third kappa shape index (κ3) is 5.21. The Morgan fingerprint density at radius 1 is 1.40 bits per heavy atom. The van der Waals surface area contributed by atoms with Crippen LogP contribution in [0.1, 0.15) is 45.7 Å². The summed E-state index contributed by atoms with van der Waals surface area (Å²) in [4.78, 5) is 11.9. The molecule has 0 saturated heterocycles. The number of hydrogen-bond acceptors (Lipinski definition) is 3. The molecule has 0 spiro atoms. The minimum atomic E-state index is -0.155. The summed E-state index contributed by atoms with van der Waals surface area (Å²) in [6.07, 6.45) is 0.907. The summed E-state index contributed by atoms with van der Waals surface area (Å²) >= 11 is 0. The summed E-state index contributed by atoms with van der Waals surface area (Å²) < 4.78 is 5.20. The van der Waals surface area contributed by atoms with E-state index in [0.717, 1.165) is 17.7 Å². The molecule has 0 aliphatic heterocycles. The van der Waals surface area contributed by atoms with E-state index in [1.54, 1.807) is 7.11 Å². The van der Waals surface area contributed by atoms with Gasteiger partial charge in [0.1, 0.15) is 5.75 Å². The largest absolute Gasteiger partial charge is 0.497 e. The Bertz CT molecular complexity index is 444. The van der Waals surface area contributed by atoms with Crippen molar-refractivity contribution in [2.75, 3.05) is 13.7 Å². The Morgan fingerprint density at radius 3 is 2.70 bits per heavy atom. The fraction of sp³-hybridized carbons (Fsp3) is 0.562. The second-order valence-corrected chi connectivity index (χ2v) is 5.66. The van der Waals surface area contributed by atoms with Gasteiger partial charge in [0.05, 0.1) is 13.7 Å². The lowest BCUT2D eigenvalue weighted by Gasteiger charge is -2.25. The number of carbonyl (C=O) groups excluding carboxylic acids is 1. The molecular weight excluding hydrogens is 252 g/mol. The van der Waals surface area contributed by atoms with Gasteiger partial charge in [-0.15, -0.1) is 0 Å². The molecule has 1 amide bonds. The average Bonchev–Trinajstić information content (AvgIpc) is 2.44. The molecule has 112 valence electrons. The fourth-order valence-corrected chi connectivity index (χ4v) is 1.78. The van der Waals surface area contributed by atoms with Crippen LogP contribution in [0.3, 0.4) is 0 Å². The van der Waals surface area contributed by atoms with E-state index in [2.05, 4.69) is 17.6 Å². The van der Waals surface area contributed by atoms with Gasteiger partial charge in [-0.2, -0.15) is 0 Å². The van der Waals surface area contributed by atoms with Crippen molar-refractivity contribution < 1.29 is 9.53 Å². The molecule has 0 fully saturated rings. The summed E-state index contributed by atoms with van der Waals surface area (Å²) in [5.74, 6) is 0.847. The standard InChI is InChI=1S/C16H26N2O2/c1-6-16(3,4)18-15(19)11-17-12(2)13-8-7-9-14(10-13)20-5/h7-10,12,17H,6,11H2,1-5H3,(H,18,19)/t12-/m0/s1. The first-order valence-corrected chi connectivity index (χ1v) is 7.06. The number of rotatable bonds is 7. The molecule has 20 heavy (non-hydrogen) atoms. The highest BCUT2D eigenvalue weighted by Crippen LogP contribution is 2.18. The molecule has 1 aromatic rings. The van der Waals surface area contributed by atoms with Crippen LogP contribution < -0.4 is 15.4 Å². The first kappa shape index (κ1) is 16.5. The Kier molecular flexibility index (Phi) is 6.02. The smallest absolute Gasteiger partial charge is 0.234 e. The van der Waals surface area contributed by atoms with Gasteiger partial charge in [0.15, 0.2) is 0 Å². The summed E-state index contributed by atoms with van der Waals surface area (Å²) in [5.41, 5.74) is 0.949. The Hall–Kier alpha value is -1.55. The van der Waals surface area contributed by atoms with Crippen LogP contribution in [0.5, 0.6) is 5.75 Å². The van der Waals surface area contributed by atoms with E-state index in [0.29, 0.717) is 6.54 Å². The molecule has 0 unspecified atom stereocenters. The Balaban J connectivity index is 2.50. The van der Waals surface area contributed by atoms with Crippen molar-refractivity contribution in [2.24, 2.45) is 0 Å². The first-order chi connectivity index (χ1) is 9.38. The van der Waals surface area contributed by atoms with Gasteiger partial charge >= 0.3 is 0 Å². The average molecular weight is 278 g/mol. The van der Waals surface area contributed by atoms with Gasteiger partial charge in [0.2, 0.25) is 5.91 Å². The normalized spacial score (nSPS) is 12.8. The monoisotopic (exact) mass is 278 g/mol. The van der Waals surface area contributed by atoms with E-state index < -0.39 is 0 Å². The van der Waals surface area contributed by atoms with Gasteiger partial charge in [-0.05, 0) is 44.9 Å². The second-order valence-electron chi connectivity index (χ2n) is 5.66. The molecular formula is C16H26N2O2. The van der Waals surface area contributed by atoms with Gasteiger partial charge in [0, 0.05) is 11.6 Å². The van der Waals surface area contributed by atoms with E-state index in [1.807, 2.05) is 45.0 Å². The maximum atomic E-state index is 11.9. The van der Waals surface area contributed by atoms with Crippen LogP contribution in [0, 0.1) is 0 Å². The topological polar surface area (TPSA) is 50.4 Å². The summed E-state index contributed by atoms with van der Waals surface area (Å²) in [6.45, 7) is 8.45. The van der Waals surface area contributed by atoms with Gasteiger partial charge in [-0.1, -0.05) is 19.1 Å². The molecule has 0 aromatic heterocycles. The Morgan fingerprint density at radius 2 is 2.10 bits per heavy atom. The van der Waals surface area contributed by atoms with Crippen molar-refractivity contribution in [3.05, 3.63) is 29.8 Å². The zero-order valence-corrected chi connectivity index (χ0v) is 13.1. The number of benzene rings is 1.